The Hall–Kier alpha value is -3.56. The average Bonchev–Trinajstić information content (AvgIpc) is 3.05. The zero-order valence-electron chi connectivity index (χ0n) is 23.3. The predicted molar refractivity (Wildman–Crippen MR) is 161 cm³/mol. The lowest BCUT2D eigenvalue weighted by Gasteiger charge is -2.25. The second-order valence-corrected chi connectivity index (χ2v) is 15.4. The van der Waals surface area contributed by atoms with Crippen molar-refractivity contribution in [3.8, 4) is 0 Å². The van der Waals surface area contributed by atoms with Crippen LogP contribution in [0.15, 0.2) is 73.1 Å². The lowest BCUT2D eigenvalue weighted by molar-refractivity contribution is 1.27. The number of allylic oxidation sites excluding steroid dienone is 2. The van der Waals surface area contributed by atoms with E-state index in [2.05, 4.69) is 103 Å². The van der Waals surface area contributed by atoms with Crippen LogP contribution in [0.2, 0.25) is 13.1 Å². The Morgan fingerprint density at radius 1 is 0.514 bits per heavy atom. The van der Waals surface area contributed by atoms with Gasteiger partial charge >= 0.3 is 0 Å². The van der Waals surface area contributed by atoms with Crippen molar-refractivity contribution in [2.24, 2.45) is 0 Å². The first-order valence-electron chi connectivity index (χ1n) is 13.1. The van der Waals surface area contributed by atoms with Crippen LogP contribution in [0.1, 0.15) is 55.9 Å². The summed E-state index contributed by atoms with van der Waals surface area (Å²) in [6, 6.07) is 21.9. The lowest BCUT2D eigenvalue weighted by Crippen LogP contribution is -2.29. The van der Waals surface area contributed by atoms with Crippen molar-refractivity contribution in [1.29, 1.82) is 0 Å². The van der Waals surface area contributed by atoms with Gasteiger partial charge in [-0.05, 0) is 121 Å². The molecule has 2 aromatic heterocycles. The zero-order chi connectivity index (χ0) is 26.5. The minimum atomic E-state index is -2.26. The number of pyridine rings is 2. The van der Waals surface area contributed by atoms with Gasteiger partial charge in [-0.1, -0.05) is 60.6 Å². The summed E-state index contributed by atoms with van der Waals surface area (Å²) >= 11 is 0. The molecule has 0 unspecified atom stereocenters. The first kappa shape index (κ1) is 25.1. The van der Waals surface area contributed by atoms with E-state index in [9.17, 15) is 0 Å². The van der Waals surface area contributed by atoms with Crippen LogP contribution in [0.25, 0.3) is 21.5 Å². The Morgan fingerprint density at radius 3 is 1.16 bits per heavy atom. The van der Waals surface area contributed by atoms with Crippen LogP contribution in [0.5, 0.6) is 0 Å². The standard InChI is InChI=1S/C34H36N2Si/c1-21-17-23(3)29(24(4)18-21)31-32(30-25(5)19-22(2)20-26(30)6)34(28-14-10-12-16-36-28)37(7,8)33(31)27-13-9-11-15-35-27/h9-20H,1-8H3. The number of hydrogen-bond acceptors (Lipinski definition) is 2. The second-order valence-electron chi connectivity index (χ2n) is 11.1. The number of aryl methyl sites for hydroxylation is 6. The topological polar surface area (TPSA) is 25.8 Å². The molecular weight excluding hydrogens is 464 g/mol. The number of aromatic nitrogens is 2. The van der Waals surface area contributed by atoms with Crippen molar-refractivity contribution in [1.82, 2.24) is 9.97 Å². The molecule has 4 aromatic rings. The molecule has 2 nitrogen and oxygen atoms in total. The fraction of sp³-hybridized carbons (Fsp3) is 0.235. The molecule has 0 bridgehead atoms. The molecule has 0 spiro atoms. The van der Waals surface area contributed by atoms with E-state index in [-0.39, 0.29) is 0 Å². The molecular formula is C34H36N2Si. The largest absolute Gasteiger partial charge is 0.257 e. The minimum Gasteiger partial charge on any atom is -0.257 e. The van der Waals surface area contributed by atoms with E-state index in [1.807, 2.05) is 24.5 Å². The number of benzene rings is 2. The Labute approximate surface area is 222 Å². The molecule has 0 radical (unpaired) electrons. The van der Waals surface area contributed by atoms with Gasteiger partial charge < -0.3 is 0 Å². The molecule has 5 rings (SSSR count). The molecule has 0 aliphatic carbocycles. The van der Waals surface area contributed by atoms with E-state index in [1.54, 1.807) is 0 Å². The van der Waals surface area contributed by atoms with Gasteiger partial charge in [-0.25, -0.2) is 0 Å². The minimum absolute atomic E-state index is 1.08. The summed E-state index contributed by atoms with van der Waals surface area (Å²) in [5.74, 6) is 0. The quantitative estimate of drug-likeness (QED) is 0.262. The van der Waals surface area contributed by atoms with Gasteiger partial charge in [0.05, 0.1) is 11.4 Å². The molecule has 2 aromatic carbocycles. The van der Waals surface area contributed by atoms with E-state index in [1.165, 1.54) is 66.0 Å². The van der Waals surface area contributed by atoms with Crippen LogP contribution in [0, 0.1) is 41.5 Å². The highest BCUT2D eigenvalue weighted by Crippen LogP contribution is 2.56. The summed E-state index contributed by atoms with van der Waals surface area (Å²) < 4.78 is 0. The van der Waals surface area contributed by atoms with Crippen LogP contribution in [-0.4, -0.2) is 18.0 Å². The Morgan fingerprint density at radius 2 is 0.865 bits per heavy atom. The third kappa shape index (κ3) is 4.21. The summed E-state index contributed by atoms with van der Waals surface area (Å²) in [4.78, 5) is 9.91. The Bertz CT molecular complexity index is 1410. The summed E-state index contributed by atoms with van der Waals surface area (Å²) in [7, 11) is -2.26. The van der Waals surface area contributed by atoms with Gasteiger partial charge in [0.2, 0.25) is 0 Å². The molecule has 0 saturated carbocycles. The van der Waals surface area contributed by atoms with E-state index < -0.39 is 8.07 Å². The van der Waals surface area contributed by atoms with Crippen molar-refractivity contribution < 1.29 is 0 Å². The van der Waals surface area contributed by atoms with Crippen LogP contribution < -0.4 is 0 Å². The van der Waals surface area contributed by atoms with Crippen molar-refractivity contribution in [3.63, 3.8) is 0 Å². The maximum Gasteiger partial charge on any atom is 0.119 e. The molecule has 0 N–H and O–H groups in total. The molecule has 3 heteroatoms. The summed E-state index contributed by atoms with van der Waals surface area (Å²) in [6.45, 7) is 18.4. The normalized spacial score (nSPS) is 15.0. The highest BCUT2D eigenvalue weighted by Gasteiger charge is 2.46. The van der Waals surface area contributed by atoms with Gasteiger partial charge in [-0.2, -0.15) is 0 Å². The molecule has 0 saturated heterocycles. The van der Waals surface area contributed by atoms with E-state index >= 15 is 0 Å². The smallest absolute Gasteiger partial charge is 0.119 e. The van der Waals surface area contributed by atoms with Gasteiger partial charge in [-0.3, -0.25) is 9.97 Å². The SMILES string of the molecule is Cc1cc(C)c(C2=C(c3ccccn3)[Si](C)(C)C(c3ccccn3)=C2c2c(C)cc(C)cc2C)c(C)c1. The monoisotopic (exact) mass is 500 g/mol. The average molecular weight is 501 g/mol. The molecule has 0 fully saturated rings. The van der Waals surface area contributed by atoms with Gasteiger partial charge in [-0.15, -0.1) is 0 Å². The maximum absolute atomic E-state index is 4.95. The molecule has 0 amide bonds. The van der Waals surface area contributed by atoms with Gasteiger partial charge in [0.1, 0.15) is 8.07 Å². The number of nitrogens with zero attached hydrogens (tertiary/aromatic N) is 2. The third-order valence-electron chi connectivity index (χ3n) is 7.70. The first-order chi connectivity index (χ1) is 17.6. The molecule has 0 atom stereocenters. The maximum atomic E-state index is 4.95. The summed E-state index contributed by atoms with van der Waals surface area (Å²) in [5.41, 5.74) is 15.4. The zero-order valence-corrected chi connectivity index (χ0v) is 24.3. The van der Waals surface area contributed by atoms with Gasteiger partial charge in [0.25, 0.3) is 0 Å². The Kier molecular flexibility index (Phi) is 6.37. The van der Waals surface area contributed by atoms with Crippen LogP contribution in [0.4, 0.5) is 0 Å². The molecule has 1 aliphatic rings. The van der Waals surface area contributed by atoms with Crippen molar-refractivity contribution in [2.45, 2.75) is 54.6 Å². The molecule has 1 aliphatic heterocycles. The van der Waals surface area contributed by atoms with Crippen molar-refractivity contribution in [3.05, 3.63) is 129 Å². The Balaban J connectivity index is 2.03. The van der Waals surface area contributed by atoms with Crippen molar-refractivity contribution >= 4 is 29.6 Å². The summed E-state index contributed by atoms with van der Waals surface area (Å²) in [5, 5.41) is 2.80. The van der Waals surface area contributed by atoms with Crippen LogP contribution in [-0.2, 0) is 0 Å². The predicted octanol–water partition coefficient (Wildman–Crippen LogP) is 8.65. The number of hydrogen-bond donors (Lipinski definition) is 0. The second kappa shape index (κ2) is 9.39. The van der Waals surface area contributed by atoms with E-state index in [0.29, 0.717) is 0 Å². The molecule has 186 valence electrons. The van der Waals surface area contributed by atoms with Crippen molar-refractivity contribution in [2.75, 3.05) is 0 Å². The fourth-order valence-corrected chi connectivity index (χ4v) is 10.1. The summed E-state index contributed by atoms with van der Waals surface area (Å²) in [6.07, 6.45) is 3.86. The van der Waals surface area contributed by atoms with Crippen LogP contribution >= 0.6 is 0 Å². The lowest BCUT2D eigenvalue weighted by atomic mass is 9.82. The highest BCUT2D eigenvalue weighted by molar-refractivity contribution is 7.13. The number of rotatable bonds is 4. The highest BCUT2D eigenvalue weighted by atomic mass is 28.3. The molecule has 3 heterocycles. The van der Waals surface area contributed by atoms with Crippen LogP contribution in [0.3, 0.4) is 0 Å². The fourth-order valence-electron chi connectivity index (χ4n) is 6.57. The van der Waals surface area contributed by atoms with E-state index in [4.69, 9.17) is 9.97 Å². The third-order valence-corrected chi connectivity index (χ3v) is 11.2. The molecule has 37 heavy (non-hydrogen) atoms. The van der Waals surface area contributed by atoms with E-state index in [0.717, 1.165) is 11.4 Å². The van der Waals surface area contributed by atoms with Gasteiger partial charge in [0, 0.05) is 12.4 Å². The van der Waals surface area contributed by atoms with Gasteiger partial charge in [0.15, 0.2) is 0 Å². The first-order valence-corrected chi connectivity index (χ1v) is 16.1.